The molecule has 0 saturated heterocycles. The Labute approximate surface area is 111 Å². The van der Waals surface area contributed by atoms with Gasteiger partial charge in [-0.05, 0) is 23.9 Å². The Morgan fingerprint density at radius 3 is 2.74 bits per heavy atom. The first kappa shape index (κ1) is 13.4. The number of thiophene rings is 1. The highest BCUT2D eigenvalue weighted by atomic mass is 32.1. The SMILES string of the molecule is O=[N+]([O-])c1ccc(F)c(F)c1NCCc1cccs1. The second-order valence-corrected chi connectivity index (χ2v) is 4.80. The fraction of sp³-hybridized carbons (Fsp3) is 0.167. The van der Waals surface area contributed by atoms with Gasteiger partial charge in [-0.3, -0.25) is 10.1 Å². The minimum Gasteiger partial charge on any atom is -0.377 e. The molecule has 1 aromatic heterocycles. The van der Waals surface area contributed by atoms with Crippen LogP contribution < -0.4 is 5.32 Å². The van der Waals surface area contributed by atoms with Gasteiger partial charge >= 0.3 is 0 Å². The van der Waals surface area contributed by atoms with Gasteiger partial charge in [-0.25, -0.2) is 8.78 Å². The molecule has 7 heteroatoms. The Hall–Kier alpha value is -2.02. The summed E-state index contributed by atoms with van der Waals surface area (Å²) in [5.41, 5.74) is -0.869. The third-order valence-electron chi connectivity index (χ3n) is 2.52. The van der Waals surface area contributed by atoms with Crippen LogP contribution in [0.2, 0.25) is 0 Å². The summed E-state index contributed by atoms with van der Waals surface area (Å²) in [7, 11) is 0. The molecule has 0 fully saturated rings. The predicted molar refractivity (Wildman–Crippen MR) is 69.5 cm³/mol. The van der Waals surface area contributed by atoms with Crippen molar-refractivity contribution in [2.45, 2.75) is 6.42 Å². The minimum absolute atomic E-state index is 0.293. The largest absolute Gasteiger partial charge is 0.377 e. The van der Waals surface area contributed by atoms with Crippen molar-refractivity contribution < 1.29 is 13.7 Å². The highest BCUT2D eigenvalue weighted by Crippen LogP contribution is 2.29. The lowest BCUT2D eigenvalue weighted by Crippen LogP contribution is -2.09. The standard InChI is InChI=1S/C12H10F2N2O2S/c13-9-3-4-10(16(17)18)12(11(9)14)15-6-5-8-2-1-7-19-8/h1-4,7,15H,5-6H2. The number of rotatable bonds is 5. The van der Waals surface area contributed by atoms with E-state index in [1.165, 1.54) is 11.3 Å². The quantitative estimate of drug-likeness (QED) is 0.674. The fourth-order valence-electron chi connectivity index (χ4n) is 1.63. The molecule has 0 radical (unpaired) electrons. The number of nitro benzene ring substituents is 1. The van der Waals surface area contributed by atoms with E-state index in [1.54, 1.807) is 0 Å². The van der Waals surface area contributed by atoms with Gasteiger partial charge in [-0.2, -0.15) is 0 Å². The van der Waals surface area contributed by atoms with Gasteiger partial charge in [-0.1, -0.05) is 6.07 Å². The summed E-state index contributed by atoms with van der Waals surface area (Å²) >= 11 is 1.53. The summed E-state index contributed by atoms with van der Waals surface area (Å²) in [4.78, 5) is 11.1. The molecule has 0 aliphatic heterocycles. The molecule has 0 aliphatic carbocycles. The average molecular weight is 284 g/mol. The summed E-state index contributed by atoms with van der Waals surface area (Å²) in [5, 5.41) is 15.3. The Bertz CT molecular complexity index is 588. The lowest BCUT2D eigenvalue weighted by molar-refractivity contribution is -0.384. The van der Waals surface area contributed by atoms with Crippen LogP contribution >= 0.6 is 11.3 Å². The zero-order chi connectivity index (χ0) is 13.8. The maximum Gasteiger partial charge on any atom is 0.295 e. The van der Waals surface area contributed by atoms with Crippen LogP contribution in [0.15, 0.2) is 29.6 Å². The third-order valence-corrected chi connectivity index (χ3v) is 3.46. The Kier molecular flexibility index (Phi) is 4.06. The van der Waals surface area contributed by atoms with Crippen molar-refractivity contribution in [1.82, 2.24) is 0 Å². The van der Waals surface area contributed by atoms with Gasteiger partial charge in [0, 0.05) is 17.5 Å². The first-order valence-corrected chi connectivity index (χ1v) is 6.36. The molecule has 0 atom stereocenters. The monoisotopic (exact) mass is 284 g/mol. The molecule has 2 rings (SSSR count). The molecule has 4 nitrogen and oxygen atoms in total. The summed E-state index contributed by atoms with van der Waals surface area (Å²) in [5.74, 6) is -2.33. The first-order chi connectivity index (χ1) is 9.09. The van der Waals surface area contributed by atoms with E-state index in [-0.39, 0.29) is 0 Å². The molecule has 0 unspecified atom stereocenters. The van der Waals surface area contributed by atoms with Crippen molar-refractivity contribution >= 4 is 22.7 Å². The fourth-order valence-corrected chi connectivity index (χ4v) is 2.34. The van der Waals surface area contributed by atoms with E-state index in [9.17, 15) is 18.9 Å². The van der Waals surface area contributed by atoms with Crippen molar-refractivity contribution in [2.24, 2.45) is 0 Å². The van der Waals surface area contributed by atoms with E-state index in [1.807, 2.05) is 17.5 Å². The lowest BCUT2D eigenvalue weighted by Gasteiger charge is -2.08. The van der Waals surface area contributed by atoms with Gasteiger partial charge in [-0.15, -0.1) is 11.3 Å². The number of nitro groups is 1. The highest BCUT2D eigenvalue weighted by Gasteiger charge is 2.21. The van der Waals surface area contributed by atoms with Crippen LogP contribution in [0.3, 0.4) is 0 Å². The molecular weight excluding hydrogens is 274 g/mol. The summed E-state index contributed by atoms with van der Waals surface area (Å²) in [6.07, 6.45) is 0.588. The van der Waals surface area contributed by atoms with Gasteiger partial charge in [0.1, 0.15) is 0 Å². The smallest absolute Gasteiger partial charge is 0.295 e. The van der Waals surface area contributed by atoms with E-state index in [4.69, 9.17) is 0 Å². The molecule has 0 amide bonds. The second-order valence-electron chi connectivity index (χ2n) is 3.77. The Morgan fingerprint density at radius 2 is 2.11 bits per heavy atom. The topological polar surface area (TPSA) is 55.2 Å². The van der Waals surface area contributed by atoms with Crippen LogP contribution in [-0.2, 0) is 6.42 Å². The van der Waals surface area contributed by atoms with E-state index in [0.717, 1.165) is 17.0 Å². The lowest BCUT2D eigenvalue weighted by atomic mass is 10.2. The first-order valence-electron chi connectivity index (χ1n) is 5.48. The van der Waals surface area contributed by atoms with Crippen molar-refractivity contribution in [3.63, 3.8) is 0 Å². The van der Waals surface area contributed by atoms with E-state index in [2.05, 4.69) is 5.32 Å². The predicted octanol–water partition coefficient (Wildman–Crippen LogP) is 3.59. The van der Waals surface area contributed by atoms with Crippen LogP contribution in [-0.4, -0.2) is 11.5 Å². The number of halogens is 2. The zero-order valence-corrected chi connectivity index (χ0v) is 10.5. The molecule has 100 valence electrons. The number of hydrogen-bond acceptors (Lipinski definition) is 4. The van der Waals surface area contributed by atoms with Crippen molar-refractivity contribution in [3.8, 4) is 0 Å². The van der Waals surface area contributed by atoms with Crippen molar-refractivity contribution in [3.05, 3.63) is 56.3 Å². The summed E-state index contributed by atoms with van der Waals surface area (Å²) in [6, 6.07) is 5.48. The normalized spacial score (nSPS) is 10.4. The van der Waals surface area contributed by atoms with Crippen LogP contribution in [0.1, 0.15) is 4.88 Å². The van der Waals surface area contributed by atoms with E-state index >= 15 is 0 Å². The third kappa shape index (κ3) is 3.05. The Morgan fingerprint density at radius 1 is 1.32 bits per heavy atom. The average Bonchev–Trinajstić information content (AvgIpc) is 2.87. The number of anilines is 1. The number of nitrogens with zero attached hydrogens (tertiary/aromatic N) is 1. The molecule has 0 bridgehead atoms. The van der Waals surface area contributed by atoms with Crippen LogP contribution in [0.5, 0.6) is 0 Å². The summed E-state index contributed by atoms with van der Waals surface area (Å²) < 4.78 is 26.6. The van der Waals surface area contributed by atoms with Gasteiger partial charge in [0.2, 0.25) is 0 Å². The molecule has 2 aromatic rings. The van der Waals surface area contributed by atoms with Crippen LogP contribution in [0.25, 0.3) is 0 Å². The molecule has 0 saturated carbocycles. The molecular formula is C12H10F2N2O2S. The van der Waals surface area contributed by atoms with Gasteiger partial charge in [0.05, 0.1) is 4.92 Å². The van der Waals surface area contributed by atoms with Crippen LogP contribution in [0.4, 0.5) is 20.2 Å². The maximum atomic E-state index is 13.5. The van der Waals surface area contributed by atoms with Gasteiger partial charge in [0.15, 0.2) is 17.3 Å². The van der Waals surface area contributed by atoms with Crippen molar-refractivity contribution in [1.29, 1.82) is 0 Å². The number of benzene rings is 1. The maximum absolute atomic E-state index is 13.5. The van der Waals surface area contributed by atoms with Crippen LogP contribution in [0, 0.1) is 21.7 Å². The van der Waals surface area contributed by atoms with Gasteiger partial charge < -0.3 is 5.32 Å². The Balaban J connectivity index is 2.14. The zero-order valence-electron chi connectivity index (χ0n) is 9.73. The molecule has 19 heavy (non-hydrogen) atoms. The number of hydrogen-bond donors (Lipinski definition) is 1. The molecule has 1 aromatic carbocycles. The van der Waals surface area contributed by atoms with Crippen molar-refractivity contribution in [2.75, 3.05) is 11.9 Å². The van der Waals surface area contributed by atoms with Gasteiger partial charge in [0.25, 0.3) is 5.69 Å². The molecule has 0 aliphatic rings. The summed E-state index contributed by atoms with van der Waals surface area (Å²) in [6.45, 7) is 0.293. The van der Waals surface area contributed by atoms with E-state index < -0.39 is 27.9 Å². The number of nitrogens with one attached hydrogen (secondary N) is 1. The minimum atomic E-state index is -1.22. The molecule has 1 N–H and O–H groups in total. The highest BCUT2D eigenvalue weighted by molar-refractivity contribution is 7.09. The molecule has 0 spiro atoms. The second kappa shape index (κ2) is 5.75. The molecule has 1 heterocycles. The van der Waals surface area contributed by atoms with E-state index in [0.29, 0.717) is 13.0 Å².